The van der Waals surface area contributed by atoms with Gasteiger partial charge in [0.15, 0.2) is 0 Å². The number of imide groups is 1. The average Bonchev–Trinajstić information content (AvgIpc) is 2.90. The predicted molar refractivity (Wildman–Crippen MR) is 109 cm³/mol. The molecule has 1 heterocycles. The summed E-state index contributed by atoms with van der Waals surface area (Å²) in [4.78, 5) is 28.0. The third-order valence-corrected chi connectivity index (χ3v) is 6.34. The molecule has 29 heavy (non-hydrogen) atoms. The van der Waals surface area contributed by atoms with Crippen LogP contribution >= 0.6 is 11.6 Å². The van der Waals surface area contributed by atoms with Gasteiger partial charge in [-0.3, -0.25) is 9.59 Å². The highest BCUT2D eigenvalue weighted by Gasteiger charge is 2.62. The van der Waals surface area contributed by atoms with Crippen LogP contribution in [-0.2, 0) is 9.59 Å². The molecule has 1 N–H and O–H groups in total. The number of hydrogen-bond acceptors (Lipinski definition) is 3. The van der Waals surface area contributed by atoms with Gasteiger partial charge in [-0.2, -0.15) is 0 Å². The van der Waals surface area contributed by atoms with Crippen molar-refractivity contribution in [3.05, 3.63) is 83.2 Å². The monoisotopic (exact) mass is 411 g/mol. The number of fused-ring (bicyclic) bond motifs is 1. The summed E-state index contributed by atoms with van der Waals surface area (Å²) in [5, 5.41) is 9.51. The number of phenols is 1. The van der Waals surface area contributed by atoms with Gasteiger partial charge in [-0.05, 0) is 54.8 Å². The van der Waals surface area contributed by atoms with Gasteiger partial charge in [-0.25, -0.2) is 9.29 Å². The van der Waals surface area contributed by atoms with E-state index < -0.39 is 23.1 Å². The molecule has 1 saturated heterocycles. The number of halogens is 2. The number of benzene rings is 2. The van der Waals surface area contributed by atoms with Crippen LogP contribution in [0.1, 0.15) is 24.8 Å². The first kappa shape index (κ1) is 19.4. The summed E-state index contributed by atoms with van der Waals surface area (Å²) in [6.07, 6.45) is 4.04. The van der Waals surface area contributed by atoms with Crippen LogP contribution in [0.25, 0.3) is 0 Å². The van der Waals surface area contributed by atoms with E-state index in [1.807, 2.05) is 6.08 Å². The first-order valence-corrected chi connectivity index (χ1v) is 9.61. The average molecular weight is 412 g/mol. The third kappa shape index (κ3) is 2.80. The number of aromatic hydroxyl groups is 1. The molecule has 0 radical (unpaired) electrons. The van der Waals surface area contributed by atoms with Crippen molar-refractivity contribution >= 4 is 29.1 Å². The van der Waals surface area contributed by atoms with E-state index in [4.69, 9.17) is 11.6 Å². The maximum absolute atomic E-state index is 13.6. The Morgan fingerprint density at radius 3 is 2.55 bits per heavy atom. The van der Waals surface area contributed by atoms with Crippen molar-refractivity contribution in [3.63, 3.8) is 0 Å². The van der Waals surface area contributed by atoms with Crippen molar-refractivity contribution in [2.75, 3.05) is 4.90 Å². The molecule has 2 aromatic rings. The Morgan fingerprint density at radius 1 is 1.24 bits per heavy atom. The van der Waals surface area contributed by atoms with E-state index in [0.29, 0.717) is 6.42 Å². The van der Waals surface area contributed by atoms with Crippen LogP contribution in [0.5, 0.6) is 5.75 Å². The molecule has 1 fully saturated rings. The minimum absolute atomic E-state index is 0.117. The Labute approximate surface area is 172 Å². The van der Waals surface area contributed by atoms with Crippen molar-refractivity contribution < 1.29 is 19.1 Å². The summed E-state index contributed by atoms with van der Waals surface area (Å²) in [6, 6.07) is 10.4. The Hall–Kier alpha value is -2.92. The normalized spacial score (nSPS) is 26.3. The van der Waals surface area contributed by atoms with E-state index in [1.165, 1.54) is 12.1 Å². The lowest BCUT2D eigenvalue weighted by Crippen LogP contribution is -2.41. The highest BCUT2D eigenvalue weighted by Crippen LogP contribution is 2.56. The highest BCUT2D eigenvalue weighted by atomic mass is 35.5. The zero-order valence-corrected chi connectivity index (χ0v) is 16.5. The molecule has 6 heteroatoms. The SMILES string of the molecule is C=CC1=CC[C@H]2C(=O)N(c3ccc(F)c(Cl)c3)C(=O)[C@@]2(C)[C@H]1c1ccc(O)cc1. The molecule has 3 atom stereocenters. The topological polar surface area (TPSA) is 57.6 Å². The van der Waals surface area contributed by atoms with Crippen molar-refractivity contribution in [1.29, 1.82) is 0 Å². The van der Waals surface area contributed by atoms with Gasteiger partial charge in [0.2, 0.25) is 11.8 Å². The number of anilines is 1. The van der Waals surface area contributed by atoms with Crippen LogP contribution < -0.4 is 4.90 Å². The lowest BCUT2D eigenvalue weighted by atomic mass is 9.60. The molecule has 4 nitrogen and oxygen atoms in total. The van der Waals surface area contributed by atoms with Gasteiger partial charge in [-0.15, -0.1) is 0 Å². The first-order valence-electron chi connectivity index (χ1n) is 9.24. The summed E-state index contributed by atoms with van der Waals surface area (Å²) in [5.74, 6) is -2.16. The molecule has 4 rings (SSSR count). The largest absolute Gasteiger partial charge is 0.508 e. The fraction of sp³-hybridized carbons (Fsp3) is 0.217. The molecule has 1 aliphatic carbocycles. The fourth-order valence-electron chi connectivity index (χ4n) is 4.57. The number of carbonyl (C=O) groups excluding carboxylic acids is 2. The number of phenolic OH excluding ortho intramolecular Hbond substituents is 1. The van der Waals surface area contributed by atoms with Crippen LogP contribution in [0.15, 0.2) is 66.8 Å². The number of nitrogens with zero attached hydrogens (tertiary/aromatic N) is 1. The second-order valence-corrected chi connectivity index (χ2v) is 7.99. The summed E-state index contributed by atoms with van der Waals surface area (Å²) in [6.45, 7) is 5.67. The zero-order chi connectivity index (χ0) is 20.9. The van der Waals surface area contributed by atoms with E-state index in [0.717, 1.165) is 22.1 Å². The van der Waals surface area contributed by atoms with Crippen molar-refractivity contribution in [1.82, 2.24) is 0 Å². The van der Waals surface area contributed by atoms with Gasteiger partial charge in [0.05, 0.1) is 22.0 Å². The van der Waals surface area contributed by atoms with Crippen LogP contribution in [-0.4, -0.2) is 16.9 Å². The van der Waals surface area contributed by atoms with Gasteiger partial charge in [-0.1, -0.05) is 42.5 Å². The molecule has 2 aliphatic rings. The highest BCUT2D eigenvalue weighted by molar-refractivity contribution is 6.31. The maximum atomic E-state index is 13.6. The first-order chi connectivity index (χ1) is 13.8. The Kier molecular flexibility index (Phi) is 4.58. The number of allylic oxidation sites excluding steroid dienone is 3. The van der Waals surface area contributed by atoms with Gasteiger partial charge >= 0.3 is 0 Å². The summed E-state index contributed by atoms with van der Waals surface area (Å²) in [5.41, 5.74) is 0.871. The second kappa shape index (κ2) is 6.85. The summed E-state index contributed by atoms with van der Waals surface area (Å²) >= 11 is 5.89. The second-order valence-electron chi connectivity index (χ2n) is 7.58. The Morgan fingerprint density at radius 2 is 1.93 bits per heavy atom. The van der Waals surface area contributed by atoms with E-state index in [9.17, 15) is 19.1 Å². The maximum Gasteiger partial charge on any atom is 0.241 e. The van der Waals surface area contributed by atoms with E-state index in [1.54, 1.807) is 37.3 Å². The van der Waals surface area contributed by atoms with Gasteiger partial charge < -0.3 is 5.11 Å². The number of carbonyl (C=O) groups is 2. The smallest absolute Gasteiger partial charge is 0.241 e. The zero-order valence-electron chi connectivity index (χ0n) is 15.7. The van der Waals surface area contributed by atoms with E-state index >= 15 is 0 Å². The molecule has 2 aromatic carbocycles. The number of amides is 2. The van der Waals surface area contributed by atoms with Crippen molar-refractivity contribution in [3.8, 4) is 5.75 Å². The predicted octanol–water partition coefficient (Wildman–Crippen LogP) is 4.98. The standard InChI is InChI=1S/C23H19ClFNO3/c1-3-13-6-10-17-21(28)26(15-7-11-19(25)18(24)12-15)22(29)23(17,2)20(13)14-4-8-16(27)9-5-14/h3-9,11-12,17,20,27H,1,10H2,2H3/t17-,20+,23+/m0/s1. The fourth-order valence-corrected chi connectivity index (χ4v) is 4.74. The number of hydrogen-bond donors (Lipinski definition) is 1. The molecule has 0 aromatic heterocycles. The molecule has 0 unspecified atom stereocenters. The molecule has 0 spiro atoms. The minimum atomic E-state index is -1.05. The molecule has 1 aliphatic heterocycles. The van der Waals surface area contributed by atoms with Gasteiger partial charge in [0.1, 0.15) is 11.6 Å². The van der Waals surface area contributed by atoms with Crippen LogP contribution in [0, 0.1) is 17.2 Å². The minimum Gasteiger partial charge on any atom is -0.508 e. The Bertz CT molecular complexity index is 1060. The van der Waals surface area contributed by atoms with Crippen LogP contribution in [0.4, 0.5) is 10.1 Å². The molecular formula is C23H19ClFNO3. The van der Waals surface area contributed by atoms with E-state index in [-0.39, 0.29) is 28.3 Å². The van der Waals surface area contributed by atoms with Crippen molar-refractivity contribution in [2.24, 2.45) is 11.3 Å². The summed E-state index contributed by atoms with van der Waals surface area (Å²) in [7, 11) is 0. The summed E-state index contributed by atoms with van der Waals surface area (Å²) < 4.78 is 13.6. The quantitative estimate of drug-likeness (QED) is 0.724. The van der Waals surface area contributed by atoms with Crippen LogP contribution in [0.2, 0.25) is 5.02 Å². The van der Waals surface area contributed by atoms with Gasteiger partial charge in [0, 0.05) is 5.92 Å². The lowest BCUT2D eigenvalue weighted by molar-refractivity contribution is -0.127. The van der Waals surface area contributed by atoms with E-state index in [2.05, 4.69) is 6.58 Å². The van der Waals surface area contributed by atoms with Gasteiger partial charge in [0.25, 0.3) is 0 Å². The van der Waals surface area contributed by atoms with Crippen LogP contribution in [0.3, 0.4) is 0 Å². The van der Waals surface area contributed by atoms with Crippen molar-refractivity contribution in [2.45, 2.75) is 19.3 Å². The molecule has 148 valence electrons. The molecule has 0 saturated carbocycles. The number of rotatable bonds is 3. The molecule has 0 bridgehead atoms. The lowest BCUT2D eigenvalue weighted by Gasteiger charge is -2.40. The third-order valence-electron chi connectivity index (χ3n) is 6.05. The molecular weight excluding hydrogens is 393 g/mol. The Balaban J connectivity index is 1.85. The molecule has 2 amide bonds.